The molecule has 0 spiro atoms. The lowest BCUT2D eigenvalue weighted by molar-refractivity contribution is -0.137. The minimum absolute atomic E-state index is 0.0674. The Morgan fingerprint density at radius 1 is 1.32 bits per heavy atom. The number of aliphatic carboxylic acids is 1. The van der Waals surface area contributed by atoms with Crippen LogP contribution in [-0.4, -0.2) is 22.9 Å². The molecule has 0 aromatic heterocycles. The summed E-state index contributed by atoms with van der Waals surface area (Å²) in [7, 11) is 0. The molecule has 2 amide bonds. The second-order valence-electron chi connectivity index (χ2n) is 4.73. The molecule has 1 N–H and O–H groups in total. The molecule has 1 aliphatic heterocycles. The van der Waals surface area contributed by atoms with Crippen molar-refractivity contribution in [3.8, 4) is 0 Å². The van der Waals surface area contributed by atoms with Gasteiger partial charge in [0.25, 0.3) is 0 Å². The van der Waals surface area contributed by atoms with Gasteiger partial charge in [-0.05, 0) is 24.1 Å². The maximum absolute atomic E-state index is 11.8. The quantitative estimate of drug-likeness (QED) is 0.835. The molecule has 2 rings (SSSR count). The SMILES string of the molecule is CC1CC(=O)N(c2ccc(CCC(=O)O)cc2)C1=O. The second kappa shape index (κ2) is 5.22. The topological polar surface area (TPSA) is 74.7 Å². The van der Waals surface area contributed by atoms with E-state index in [9.17, 15) is 14.4 Å². The molecular formula is C14H15NO4. The molecule has 5 heteroatoms. The highest BCUT2D eigenvalue weighted by Crippen LogP contribution is 2.26. The fourth-order valence-electron chi connectivity index (χ4n) is 2.12. The first-order chi connectivity index (χ1) is 8.99. The van der Waals surface area contributed by atoms with Gasteiger partial charge in [0.2, 0.25) is 11.8 Å². The lowest BCUT2D eigenvalue weighted by Gasteiger charge is -2.14. The molecule has 1 aromatic rings. The highest BCUT2D eigenvalue weighted by Gasteiger charge is 2.36. The van der Waals surface area contributed by atoms with Gasteiger partial charge in [-0.3, -0.25) is 19.3 Å². The van der Waals surface area contributed by atoms with E-state index in [0.29, 0.717) is 12.1 Å². The summed E-state index contributed by atoms with van der Waals surface area (Å²) in [6, 6.07) is 6.87. The average molecular weight is 261 g/mol. The molecule has 0 aliphatic carbocycles. The molecule has 0 radical (unpaired) electrons. The number of aryl methyl sites for hydroxylation is 1. The summed E-state index contributed by atoms with van der Waals surface area (Å²) in [5.74, 6) is -1.47. The van der Waals surface area contributed by atoms with Crippen molar-refractivity contribution in [2.75, 3.05) is 4.90 Å². The van der Waals surface area contributed by atoms with E-state index in [1.807, 2.05) is 0 Å². The van der Waals surface area contributed by atoms with Crippen molar-refractivity contribution in [3.05, 3.63) is 29.8 Å². The van der Waals surface area contributed by atoms with E-state index in [1.165, 1.54) is 4.90 Å². The van der Waals surface area contributed by atoms with E-state index < -0.39 is 5.97 Å². The number of carbonyl (C=O) groups excluding carboxylic acids is 2. The zero-order chi connectivity index (χ0) is 14.0. The zero-order valence-electron chi connectivity index (χ0n) is 10.6. The minimum atomic E-state index is -0.845. The number of benzene rings is 1. The summed E-state index contributed by atoms with van der Waals surface area (Å²) >= 11 is 0. The molecular weight excluding hydrogens is 246 g/mol. The molecule has 1 atom stereocenters. The van der Waals surface area contributed by atoms with E-state index in [2.05, 4.69) is 0 Å². The normalized spacial score (nSPS) is 19.0. The largest absolute Gasteiger partial charge is 0.481 e. The molecule has 100 valence electrons. The van der Waals surface area contributed by atoms with Gasteiger partial charge in [0.05, 0.1) is 5.69 Å². The summed E-state index contributed by atoms with van der Waals surface area (Å²) in [6.45, 7) is 1.74. The average Bonchev–Trinajstić information content (AvgIpc) is 2.62. The van der Waals surface area contributed by atoms with Crippen LogP contribution < -0.4 is 4.90 Å². The highest BCUT2D eigenvalue weighted by molar-refractivity contribution is 6.20. The summed E-state index contributed by atoms with van der Waals surface area (Å²) in [4.78, 5) is 35.2. The standard InChI is InChI=1S/C14H15NO4/c1-9-8-12(16)15(14(9)19)11-5-2-10(3-6-11)4-7-13(17)18/h2-3,5-6,9H,4,7-8H2,1H3,(H,17,18). The number of imide groups is 1. The highest BCUT2D eigenvalue weighted by atomic mass is 16.4. The number of nitrogens with zero attached hydrogens (tertiary/aromatic N) is 1. The number of hydrogen-bond donors (Lipinski definition) is 1. The maximum Gasteiger partial charge on any atom is 0.303 e. The van der Waals surface area contributed by atoms with Crippen LogP contribution in [0.4, 0.5) is 5.69 Å². The van der Waals surface area contributed by atoms with Crippen molar-refractivity contribution in [2.24, 2.45) is 5.92 Å². The fourth-order valence-corrected chi connectivity index (χ4v) is 2.12. The van der Waals surface area contributed by atoms with Crippen LogP contribution in [0.1, 0.15) is 25.3 Å². The van der Waals surface area contributed by atoms with Crippen LogP contribution in [0.15, 0.2) is 24.3 Å². The van der Waals surface area contributed by atoms with Crippen LogP contribution in [-0.2, 0) is 20.8 Å². The van der Waals surface area contributed by atoms with E-state index >= 15 is 0 Å². The van der Waals surface area contributed by atoms with Gasteiger partial charge >= 0.3 is 5.97 Å². The lowest BCUT2D eigenvalue weighted by atomic mass is 10.1. The summed E-state index contributed by atoms with van der Waals surface area (Å²) < 4.78 is 0. The Labute approximate surface area is 110 Å². The molecule has 0 bridgehead atoms. The zero-order valence-corrected chi connectivity index (χ0v) is 10.6. The number of anilines is 1. The van der Waals surface area contributed by atoms with Crippen LogP contribution in [0.2, 0.25) is 0 Å². The molecule has 1 unspecified atom stereocenters. The van der Waals surface area contributed by atoms with Crippen molar-refractivity contribution in [1.29, 1.82) is 0 Å². The Bertz CT molecular complexity index is 521. The van der Waals surface area contributed by atoms with E-state index in [0.717, 1.165) is 5.56 Å². The molecule has 5 nitrogen and oxygen atoms in total. The second-order valence-corrected chi connectivity index (χ2v) is 4.73. The van der Waals surface area contributed by atoms with Crippen LogP contribution in [0.5, 0.6) is 0 Å². The smallest absolute Gasteiger partial charge is 0.303 e. The third-order valence-corrected chi connectivity index (χ3v) is 3.19. The molecule has 1 heterocycles. The van der Waals surface area contributed by atoms with Crippen molar-refractivity contribution in [2.45, 2.75) is 26.2 Å². The Morgan fingerprint density at radius 2 is 1.95 bits per heavy atom. The van der Waals surface area contributed by atoms with Crippen LogP contribution >= 0.6 is 0 Å². The van der Waals surface area contributed by atoms with Gasteiger partial charge in [-0.2, -0.15) is 0 Å². The predicted molar refractivity (Wildman–Crippen MR) is 68.7 cm³/mol. The monoisotopic (exact) mass is 261 g/mol. The molecule has 19 heavy (non-hydrogen) atoms. The number of carbonyl (C=O) groups is 3. The van der Waals surface area contributed by atoms with Gasteiger partial charge in [-0.25, -0.2) is 0 Å². The van der Waals surface area contributed by atoms with E-state index in [-0.39, 0.29) is 30.6 Å². The first-order valence-electron chi connectivity index (χ1n) is 6.16. The van der Waals surface area contributed by atoms with Gasteiger partial charge in [0.15, 0.2) is 0 Å². The Balaban J connectivity index is 2.12. The van der Waals surface area contributed by atoms with Crippen molar-refractivity contribution in [3.63, 3.8) is 0 Å². The molecule has 1 aliphatic rings. The molecule has 1 aromatic carbocycles. The minimum Gasteiger partial charge on any atom is -0.481 e. The third kappa shape index (κ3) is 2.81. The van der Waals surface area contributed by atoms with Crippen molar-refractivity contribution in [1.82, 2.24) is 0 Å². The number of amides is 2. The van der Waals surface area contributed by atoms with Gasteiger partial charge in [-0.1, -0.05) is 19.1 Å². The molecule has 1 saturated heterocycles. The number of hydrogen-bond acceptors (Lipinski definition) is 3. The fraction of sp³-hybridized carbons (Fsp3) is 0.357. The summed E-state index contributed by atoms with van der Waals surface area (Å²) in [5, 5.41) is 8.60. The van der Waals surface area contributed by atoms with Crippen molar-refractivity contribution < 1.29 is 19.5 Å². The number of carboxylic acid groups (broad SMARTS) is 1. The van der Waals surface area contributed by atoms with Crippen molar-refractivity contribution >= 4 is 23.5 Å². The summed E-state index contributed by atoms with van der Waals surface area (Å²) in [5.41, 5.74) is 1.43. The third-order valence-electron chi connectivity index (χ3n) is 3.19. The first kappa shape index (κ1) is 13.3. The van der Waals surface area contributed by atoms with E-state index in [1.54, 1.807) is 31.2 Å². The van der Waals surface area contributed by atoms with Gasteiger partial charge in [0, 0.05) is 18.8 Å². The molecule has 1 fully saturated rings. The van der Waals surface area contributed by atoms with Crippen LogP contribution in [0.3, 0.4) is 0 Å². The van der Waals surface area contributed by atoms with Gasteiger partial charge < -0.3 is 5.11 Å². The number of carboxylic acids is 1. The van der Waals surface area contributed by atoms with Gasteiger partial charge in [-0.15, -0.1) is 0 Å². The Kier molecular flexibility index (Phi) is 3.64. The number of rotatable bonds is 4. The van der Waals surface area contributed by atoms with Crippen LogP contribution in [0, 0.1) is 5.92 Å². The van der Waals surface area contributed by atoms with Gasteiger partial charge in [0.1, 0.15) is 0 Å². The predicted octanol–water partition coefficient (Wildman–Crippen LogP) is 1.60. The Morgan fingerprint density at radius 3 is 2.42 bits per heavy atom. The maximum atomic E-state index is 11.8. The van der Waals surface area contributed by atoms with Crippen LogP contribution in [0.25, 0.3) is 0 Å². The first-order valence-corrected chi connectivity index (χ1v) is 6.16. The molecule has 0 saturated carbocycles. The Hall–Kier alpha value is -2.17. The van der Waals surface area contributed by atoms with E-state index in [4.69, 9.17) is 5.11 Å². The summed E-state index contributed by atoms with van der Waals surface area (Å²) in [6.07, 6.45) is 0.755. The lowest BCUT2D eigenvalue weighted by Crippen LogP contribution is -2.29.